The average molecular weight is 635 g/mol. The van der Waals surface area contributed by atoms with Crippen LogP contribution in [0.4, 0.5) is 0 Å². The highest BCUT2D eigenvalue weighted by Gasteiger charge is 2.40. The van der Waals surface area contributed by atoms with Gasteiger partial charge >= 0.3 is 0 Å². The molecule has 0 spiro atoms. The molecule has 6 aromatic rings. The van der Waals surface area contributed by atoms with E-state index in [1.807, 2.05) is 24.3 Å². The van der Waals surface area contributed by atoms with E-state index in [2.05, 4.69) is 62.4 Å². The zero-order chi connectivity index (χ0) is 33.2. The maximum atomic E-state index is 10.2. The number of phenolic OH excluding ortho intramolecular Hbond substituents is 4. The molecule has 0 saturated carbocycles. The number of ether oxygens (including phenoxy) is 2. The minimum Gasteiger partial charge on any atom is -0.508 e. The van der Waals surface area contributed by atoms with Crippen LogP contribution >= 0.6 is 0 Å². The highest BCUT2D eigenvalue weighted by atomic mass is 16.5. The predicted octanol–water partition coefficient (Wildman–Crippen LogP) is 9.48. The van der Waals surface area contributed by atoms with Crippen LogP contribution in [0.5, 0.6) is 46.0 Å². The van der Waals surface area contributed by atoms with Crippen molar-refractivity contribution < 1.29 is 29.9 Å². The molecule has 48 heavy (non-hydrogen) atoms. The minimum absolute atomic E-state index is 0.125. The van der Waals surface area contributed by atoms with Crippen molar-refractivity contribution in [3.63, 3.8) is 0 Å². The maximum Gasteiger partial charge on any atom is 0.135 e. The lowest BCUT2D eigenvalue weighted by atomic mass is 9.70. The van der Waals surface area contributed by atoms with Gasteiger partial charge in [-0.25, -0.2) is 0 Å². The molecule has 0 unspecified atom stereocenters. The van der Waals surface area contributed by atoms with E-state index < -0.39 is 10.8 Å². The first kappa shape index (κ1) is 29.5. The molecule has 0 aliphatic carbocycles. The monoisotopic (exact) mass is 634 g/mol. The van der Waals surface area contributed by atoms with E-state index in [1.165, 1.54) is 0 Å². The molecule has 0 bridgehead atoms. The molecule has 6 aromatic carbocycles. The van der Waals surface area contributed by atoms with Crippen LogP contribution in [0, 0.1) is 0 Å². The van der Waals surface area contributed by atoms with Crippen molar-refractivity contribution in [1.82, 2.24) is 0 Å². The van der Waals surface area contributed by atoms with Crippen molar-refractivity contribution in [2.75, 3.05) is 0 Å². The molecular weight excluding hydrogens is 600 g/mol. The number of aromatic hydroxyl groups is 4. The Kier molecular flexibility index (Phi) is 6.67. The second-order valence-corrected chi connectivity index (χ2v) is 13.3. The molecule has 4 N–H and O–H groups in total. The molecule has 8 rings (SSSR count). The Hall–Kier alpha value is -5.88. The van der Waals surface area contributed by atoms with Gasteiger partial charge in [0.1, 0.15) is 46.0 Å². The third-order valence-corrected chi connectivity index (χ3v) is 9.98. The highest BCUT2D eigenvalue weighted by Crippen LogP contribution is 2.53. The van der Waals surface area contributed by atoms with E-state index in [0.717, 1.165) is 44.5 Å². The van der Waals surface area contributed by atoms with E-state index in [4.69, 9.17) is 9.47 Å². The first-order valence-electron chi connectivity index (χ1n) is 16.0. The van der Waals surface area contributed by atoms with Crippen LogP contribution in [0.3, 0.4) is 0 Å². The molecule has 238 valence electrons. The Bertz CT molecular complexity index is 1970. The summed E-state index contributed by atoms with van der Waals surface area (Å²) in [5.41, 5.74) is 7.38. The van der Waals surface area contributed by atoms with Crippen LogP contribution in [0.15, 0.2) is 121 Å². The predicted molar refractivity (Wildman–Crippen MR) is 185 cm³/mol. The summed E-state index contributed by atoms with van der Waals surface area (Å²) in [7, 11) is 0. The summed E-state index contributed by atoms with van der Waals surface area (Å²) in [5.74, 6) is 2.81. The van der Waals surface area contributed by atoms with Crippen LogP contribution in [0.1, 0.15) is 47.2 Å². The van der Waals surface area contributed by atoms with E-state index in [-0.39, 0.29) is 23.0 Å². The van der Waals surface area contributed by atoms with Crippen molar-refractivity contribution in [2.24, 2.45) is 0 Å². The third-order valence-electron chi connectivity index (χ3n) is 9.98. The standard InChI is InChI=1S/C42H34O6/c1-41(33-13-9-29(43)19-37(33)47-38-20-30(44)10-14-34(38)41)23-25-5-3-7-27(17-25)28-8-4-6-26(18-28)24-42(2)35-15-11-31(45)21-39(35)48-40-22-32(46)12-16-36(40)42/h3-22,43-46H,23-24H2,1-2H3. The average Bonchev–Trinajstić information content (AvgIpc) is 3.04. The maximum absolute atomic E-state index is 10.2. The molecule has 6 nitrogen and oxygen atoms in total. The number of rotatable bonds is 5. The number of fused-ring (bicyclic) bond motifs is 4. The Balaban J connectivity index is 1.15. The molecular formula is C42H34O6. The lowest BCUT2D eigenvalue weighted by Crippen LogP contribution is -2.30. The summed E-state index contributed by atoms with van der Waals surface area (Å²) < 4.78 is 12.3. The number of hydrogen-bond donors (Lipinski definition) is 4. The van der Waals surface area contributed by atoms with E-state index >= 15 is 0 Å². The Morgan fingerprint density at radius 1 is 0.417 bits per heavy atom. The van der Waals surface area contributed by atoms with E-state index in [1.54, 1.807) is 48.5 Å². The van der Waals surface area contributed by atoms with E-state index in [0.29, 0.717) is 35.8 Å². The van der Waals surface area contributed by atoms with Gasteiger partial charge in [-0.15, -0.1) is 0 Å². The largest absolute Gasteiger partial charge is 0.508 e. The van der Waals surface area contributed by atoms with Crippen LogP contribution in [-0.2, 0) is 23.7 Å². The van der Waals surface area contributed by atoms with Crippen molar-refractivity contribution in [3.8, 4) is 57.1 Å². The highest BCUT2D eigenvalue weighted by molar-refractivity contribution is 5.67. The van der Waals surface area contributed by atoms with Gasteiger partial charge in [0.25, 0.3) is 0 Å². The number of phenols is 4. The molecule has 0 radical (unpaired) electrons. The van der Waals surface area contributed by atoms with Gasteiger partial charge in [0, 0.05) is 57.3 Å². The zero-order valence-corrected chi connectivity index (χ0v) is 26.6. The fraction of sp³-hybridized carbons (Fsp3) is 0.143. The fourth-order valence-corrected chi connectivity index (χ4v) is 7.65. The second kappa shape index (κ2) is 10.8. The second-order valence-electron chi connectivity index (χ2n) is 13.3. The molecule has 6 heteroatoms. The van der Waals surface area contributed by atoms with Gasteiger partial charge in [-0.1, -0.05) is 86.6 Å². The number of benzene rings is 6. The first-order valence-corrected chi connectivity index (χ1v) is 16.0. The topological polar surface area (TPSA) is 99.4 Å². The van der Waals surface area contributed by atoms with Gasteiger partial charge in [-0.2, -0.15) is 0 Å². The summed E-state index contributed by atoms with van der Waals surface area (Å²) >= 11 is 0. The molecule has 0 aromatic heterocycles. The lowest BCUT2D eigenvalue weighted by Gasteiger charge is -2.38. The van der Waals surface area contributed by atoms with Gasteiger partial charge in [-0.05, 0) is 59.4 Å². The van der Waals surface area contributed by atoms with Crippen molar-refractivity contribution in [3.05, 3.63) is 155 Å². The molecule has 0 saturated heterocycles. The van der Waals surface area contributed by atoms with Crippen LogP contribution in [0.2, 0.25) is 0 Å². The Morgan fingerprint density at radius 2 is 0.729 bits per heavy atom. The van der Waals surface area contributed by atoms with Crippen molar-refractivity contribution in [2.45, 2.75) is 37.5 Å². The molecule has 0 fully saturated rings. The van der Waals surface area contributed by atoms with Crippen LogP contribution in [-0.4, -0.2) is 20.4 Å². The van der Waals surface area contributed by atoms with E-state index in [9.17, 15) is 20.4 Å². The van der Waals surface area contributed by atoms with Gasteiger partial charge in [0.2, 0.25) is 0 Å². The summed E-state index contributed by atoms with van der Waals surface area (Å²) in [6.45, 7) is 4.36. The van der Waals surface area contributed by atoms with Gasteiger partial charge in [-0.3, -0.25) is 0 Å². The summed E-state index contributed by atoms with van der Waals surface area (Å²) in [6.07, 6.45) is 1.34. The first-order chi connectivity index (χ1) is 23.1. The SMILES string of the molecule is CC1(Cc2cccc(-c3cccc(CC4(C)c5ccc(O)cc5Oc5cc(O)ccc54)c3)c2)c2ccc(O)cc2Oc2cc(O)ccc21. The smallest absolute Gasteiger partial charge is 0.135 e. The minimum atomic E-state index is -0.480. The quantitative estimate of drug-likeness (QED) is 0.151. The number of hydrogen-bond acceptors (Lipinski definition) is 6. The van der Waals surface area contributed by atoms with Gasteiger partial charge in [0.15, 0.2) is 0 Å². The summed E-state index contributed by atoms with van der Waals surface area (Å²) in [4.78, 5) is 0. The molecule has 2 heterocycles. The van der Waals surface area contributed by atoms with Crippen molar-refractivity contribution in [1.29, 1.82) is 0 Å². The normalized spacial score (nSPS) is 14.8. The summed E-state index contributed by atoms with van der Waals surface area (Å²) in [6, 6.07) is 38.1. The molecule has 2 aliphatic heterocycles. The molecule has 2 aliphatic rings. The van der Waals surface area contributed by atoms with Gasteiger partial charge in [0.05, 0.1) is 0 Å². The Labute approximate surface area is 278 Å². The third kappa shape index (κ3) is 4.88. The zero-order valence-electron chi connectivity index (χ0n) is 26.6. The van der Waals surface area contributed by atoms with Crippen LogP contribution in [0.25, 0.3) is 11.1 Å². The van der Waals surface area contributed by atoms with Gasteiger partial charge < -0.3 is 29.9 Å². The molecule has 0 amide bonds. The lowest BCUT2D eigenvalue weighted by molar-refractivity contribution is 0.391. The van der Waals surface area contributed by atoms with Crippen molar-refractivity contribution >= 4 is 0 Å². The fourth-order valence-electron chi connectivity index (χ4n) is 7.65. The Morgan fingerprint density at radius 3 is 1.04 bits per heavy atom. The summed E-state index contributed by atoms with van der Waals surface area (Å²) in [5, 5.41) is 40.9. The van der Waals surface area contributed by atoms with Crippen LogP contribution < -0.4 is 9.47 Å². The molecule has 0 atom stereocenters.